The van der Waals surface area contributed by atoms with E-state index in [1.165, 1.54) is 4.90 Å². The number of amides is 4. The molecule has 4 fully saturated rings. The molecule has 16 heteroatoms. The molecule has 3 heterocycles. The summed E-state index contributed by atoms with van der Waals surface area (Å²) in [6, 6.07) is 4.44. The predicted octanol–water partition coefficient (Wildman–Crippen LogP) is 2.39. The predicted molar refractivity (Wildman–Crippen MR) is 211 cm³/mol. The summed E-state index contributed by atoms with van der Waals surface area (Å²) in [6.45, 7) is 7.84. The van der Waals surface area contributed by atoms with Crippen LogP contribution in [-0.2, 0) is 49.3 Å². The minimum atomic E-state index is -1.69. The third-order valence-corrected chi connectivity index (χ3v) is 11.2. The first-order valence-electron chi connectivity index (χ1n) is 21.0. The number of nitrogens with one attached hydrogen (secondary N) is 3. The Bertz CT molecular complexity index is 1540. The van der Waals surface area contributed by atoms with E-state index in [9.17, 15) is 33.9 Å². The van der Waals surface area contributed by atoms with Crippen LogP contribution in [0.5, 0.6) is 0 Å². The molecule has 1 saturated carbocycles. The third kappa shape index (κ3) is 13.9. The molecule has 4 N–H and O–H groups in total. The second-order valence-corrected chi connectivity index (χ2v) is 17.0. The standard InChI is InChI=1S/C42H63N5O11/c1-42(2,3)58-41(54)47-19-11-17-34(47)39(52)44-32(25-29-14-8-5-9-15-29)37(50)45-33-27-56-35(48)18-10-16-30(26-46-20-22-55-23-21-46)57-40(53)36(49)31(43-38(33)51)24-28-12-6-4-7-13-28/h5,8-9,14-15,28,30-34,36,49H,4,6-7,10-13,16-27H2,1-3H3,(H,43,51)(H,44,52)(H,45,50)/t30-,31+,32+,33+,34-,36-/m1/s1. The number of benzene rings is 1. The molecular weight excluding hydrogens is 750 g/mol. The van der Waals surface area contributed by atoms with Crippen LogP contribution in [0, 0.1) is 5.92 Å². The molecule has 1 aromatic rings. The number of carbonyl (C=O) groups is 6. The third-order valence-electron chi connectivity index (χ3n) is 11.2. The monoisotopic (exact) mass is 813 g/mol. The number of aliphatic hydroxyl groups is 1. The first-order valence-corrected chi connectivity index (χ1v) is 21.0. The quantitative estimate of drug-likeness (QED) is 0.199. The van der Waals surface area contributed by atoms with E-state index in [-0.39, 0.29) is 18.8 Å². The lowest BCUT2D eigenvalue weighted by Crippen LogP contribution is -2.60. The molecule has 3 saturated heterocycles. The Morgan fingerprint density at radius 1 is 0.948 bits per heavy atom. The average molecular weight is 814 g/mol. The van der Waals surface area contributed by atoms with Crippen LogP contribution in [-0.4, -0.2) is 139 Å². The van der Waals surface area contributed by atoms with Crippen molar-refractivity contribution < 1.29 is 52.8 Å². The second-order valence-electron chi connectivity index (χ2n) is 17.0. The van der Waals surface area contributed by atoms with E-state index in [4.69, 9.17) is 18.9 Å². The van der Waals surface area contributed by atoms with Crippen molar-refractivity contribution >= 4 is 35.8 Å². The second kappa shape index (κ2) is 21.6. The van der Waals surface area contributed by atoms with Crippen molar-refractivity contribution in [2.24, 2.45) is 5.92 Å². The first kappa shape index (κ1) is 44.8. The maximum atomic E-state index is 14.2. The van der Waals surface area contributed by atoms with E-state index in [0.29, 0.717) is 71.5 Å². The lowest BCUT2D eigenvalue weighted by Gasteiger charge is -2.33. The highest BCUT2D eigenvalue weighted by molar-refractivity contribution is 5.94. The molecule has 1 aromatic carbocycles. The number of rotatable bonds is 10. The Hall–Kier alpha value is -4.28. The number of esters is 2. The van der Waals surface area contributed by atoms with Gasteiger partial charge in [-0.15, -0.1) is 0 Å². The Kier molecular flexibility index (Phi) is 16.7. The van der Waals surface area contributed by atoms with Gasteiger partial charge in [-0.05, 0) is 64.4 Å². The number of nitrogens with zero attached hydrogens (tertiary/aromatic N) is 2. The molecule has 1 aliphatic carbocycles. The Balaban J connectivity index is 1.35. The van der Waals surface area contributed by atoms with Crippen LogP contribution >= 0.6 is 0 Å². The van der Waals surface area contributed by atoms with Crippen molar-refractivity contribution in [1.29, 1.82) is 0 Å². The van der Waals surface area contributed by atoms with Crippen LogP contribution < -0.4 is 16.0 Å². The largest absolute Gasteiger partial charge is 0.463 e. The fourth-order valence-electron chi connectivity index (χ4n) is 8.07. The van der Waals surface area contributed by atoms with Crippen molar-refractivity contribution in [3.05, 3.63) is 35.9 Å². The highest BCUT2D eigenvalue weighted by atomic mass is 16.6. The van der Waals surface area contributed by atoms with Crippen LogP contribution in [0.15, 0.2) is 30.3 Å². The molecule has 5 rings (SSSR count). The van der Waals surface area contributed by atoms with E-state index in [0.717, 1.165) is 37.7 Å². The van der Waals surface area contributed by atoms with Gasteiger partial charge in [0.15, 0.2) is 6.10 Å². The minimum absolute atomic E-state index is 0.0332. The number of hydrogen-bond donors (Lipinski definition) is 4. The fraction of sp³-hybridized carbons (Fsp3) is 0.714. The number of morpholine rings is 1. The lowest BCUT2D eigenvalue weighted by molar-refractivity contribution is -0.163. The lowest BCUT2D eigenvalue weighted by atomic mass is 9.83. The van der Waals surface area contributed by atoms with Crippen molar-refractivity contribution in [3.63, 3.8) is 0 Å². The number of ether oxygens (including phenoxy) is 4. The number of cyclic esters (lactones) is 2. The molecule has 322 valence electrons. The van der Waals surface area contributed by atoms with Crippen molar-refractivity contribution in [2.75, 3.05) is 46.0 Å². The molecule has 0 radical (unpaired) electrons. The molecule has 16 nitrogen and oxygen atoms in total. The van der Waals surface area contributed by atoms with Gasteiger partial charge in [-0.1, -0.05) is 62.4 Å². The topological polar surface area (TPSA) is 202 Å². The molecule has 4 aliphatic rings. The molecular formula is C42H63N5O11. The molecule has 6 atom stereocenters. The number of carbonyl (C=O) groups excluding carboxylic acids is 6. The summed E-state index contributed by atoms with van der Waals surface area (Å²) in [7, 11) is 0. The van der Waals surface area contributed by atoms with E-state index in [1.807, 2.05) is 6.07 Å². The van der Waals surface area contributed by atoms with Crippen LogP contribution in [0.25, 0.3) is 0 Å². The molecule has 0 bridgehead atoms. The van der Waals surface area contributed by atoms with Gasteiger partial charge >= 0.3 is 18.0 Å². The summed E-state index contributed by atoms with van der Waals surface area (Å²) in [5.41, 5.74) is -0.0507. The normalized spacial score (nSPS) is 26.7. The number of hydrogen-bond acceptors (Lipinski definition) is 12. The van der Waals surface area contributed by atoms with Gasteiger partial charge < -0.3 is 40.0 Å². The Morgan fingerprint density at radius 3 is 2.38 bits per heavy atom. The van der Waals surface area contributed by atoms with E-state index < -0.39 is 84.3 Å². The van der Waals surface area contributed by atoms with Crippen LogP contribution in [0.1, 0.15) is 97.0 Å². The Morgan fingerprint density at radius 2 is 1.67 bits per heavy atom. The summed E-state index contributed by atoms with van der Waals surface area (Å²) in [4.78, 5) is 85.3. The highest BCUT2D eigenvalue weighted by Crippen LogP contribution is 2.29. The summed E-state index contributed by atoms with van der Waals surface area (Å²) < 4.78 is 22.5. The maximum absolute atomic E-state index is 14.2. The van der Waals surface area contributed by atoms with E-state index >= 15 is 0 Å². The van der Waals surface area contributed by atoms with Gasteiger partial charge in [-0.3, -0.25) is 29.0 Å². The van der Waals surface area contributed by atoms with Gasteiger partial charge in [0.05, 0.1) is 19.3 Å². The summed E-state index contributed by atoms with van der Waals surface area (Å²) in [6.07, 6.45) is 3.81. The summed E-state index contributed by atoms with van der Waals surface area (Å²) >= 11 is 0. The summed E-state index contributed by atoms with van der Waals surface area (Å²) in [5, 5.41) is 19.8. The van der Waals surface area contributed by atoms with Gasteiger partial charge in [0.1, 0.15) is 36.4 Å². The zero-order valence-electron chi connectivity index (χ0n) is 34.3. The van der Waals surface area contributed by atoms with Crippen molar-refractivity contribution in [2.45, 2.75) is 140 Å². The zero-order chi connectivity index (χ0) is 41.7. The van der Waals surface area contributed by atoms with Crippen LogP contribution in [0.3, 0.4) is 0 Å². The molecule has 0 spiro atoms. The highest BCUT2D eigenvalue weighted by Gasteiger charge is 2.40. The van der Waals surface area contributed by atoms with E-state index in [1.54, 1.807) is 45.0 Å². The Labute approximate surface area is 341 Å². The maximum Gasteiger partial charge on any atom is 0.410 e. The van der Waals surface area contributed by atoms with Crippen molar-refractivity contribution in [1.82, 2.24) is 25.8 Å². The van der Waals surface area contributed by atoms with Gasteiger partial charge in [-0.2, -0.15) is 0 Å². The van der Waals surface area contributed by atoms with Gasteiger partial charge in [0.25, 0.3) is 0 Å². The SMILES string of the molecule is CC(C)(C)OC(=O)N1CCC[C@@H]1C(=O)N[C@@H](Cc1ccccc1)C(=O)N[C@H]1COC(=O)CCC[C@H](CN2CCOCC2)OC(=O)[C@H](O)[C@H](CC2CCCCC2)NC1=O. The summed E-state index contributed by atoms with van der Waals surface area (Å²) in [5.74, 6) is -3.38. The number of aliphatic hydroxyl groups excluding tert-OH is 1. The molecule has 4 amide bonds. The average Bonchev–Trinajstić information content (AvgIpc) is 3.70. The van der Waals surface area contributed by atoms with Crippen LogP contribution in [0.2, 0.25) is 0 Å². The van der Waals surface area contributed by atoms with Gasteiger partial charge in [-0.25, -0.2) is 9.59 Å². The van der Waals surface area contributed by atoms with Gasteiger partial charge in [0, 0.05) is 39.0 Å². The number of likely N-dealkylation sites (tertiary alicyclic amines) is 1. The first-order chi connectivity index (χ1) is 27.8. The van der Waals surface area contributed by atoms with Gasteiger partial charge in [0.2, 0.25) is 17.7 Å². The molecule has 58 heavy (non-hydrogen) atoms. The van der Waals surface area contributed by atoms with Crippen LogP contribution in [0.4, 0.5) is 4.79 Å². The van der Waals surface area contributed by atoms with Crippen molar-refractivity contribution in [3.8, 4) is 0 Å². The smallest absolute Gasteiger partial charge is 0.410 e. The molecule has 0 aromatic heterocycles. The van der Waals surface area contributed by atoms with E-state index in [2.05, 4.69) is 20.9 Å². The fourth-order valence-corrected chi connectivity index (χ4v) is 8.07. The molecule has 0 unspecified atom stereocenters. The molecule has 3 aliphatic heterocycles. The zero-order valence-corrected chi connectivity index (χ0v) is 34.3. The minimum Gasteiger partial charge on any atom is -0.463 e.